The summed E-state index contributed by atoms with van der Waals surface area (Å²) in [7, 11) is 0. The van der Waals surface area contributed by atoms with Crippen molar-refractivity contribution in [3.8, 4) is 0 Å². The van der Waals surface area contributed by atoms with E-state index in [9.17, 15) is 9.59 Å². The molecule has 3 nitrogen and oxygen atoms in total. The Morgan fingerprint density at radius 3 is 2.16 bits per heavy atom. The zero-order valence-corrected chi connectivity index (χ0v) is 15.7. The third kappa shape index (κ3) is 3.27. The predicted molar refractivity (Wildman–Crippen MR) is 104 cm³/mol. The van der Waals surface area contributed by atoms with Crippen LogP contribution in [-0.4, -0.2) is 17.1 Å². The van der Waals surface area contributed by atoms with Crippen LogP contribution in [0, 0.1) is 13.8 Å². The molecule has 3 rings (SSSR count). The highest BCUT2D eigenvalue weighted by atomic mass is 32.2. The number of rotatable bonds is 4. The topological polar surface area (TPSA) is 37.4 Å². The molecule has 25 heavy (non-hydrogen) atoms. The van der Waals surface area contributed by atoms with E-state index in [2.05, 4.69) is 0 Å². The second-order valence-electron chi connectivity index (χ2n) is 6.45. The van der Waals surface area contributed by atoms with Crippen LogP contribution in [0.15, 0.2) is 53.4 Å². The van der Waals surface area contributed by atoms with Crippen molar-refractivity contribution in [1.29, 1.82) is 0 Å². The Morgan fingerprint density at radius 1 is 0.880 bits per heavy atom. The van der Waals surface area contributed by atoms with Gasteiger partial charge in [-0.1, -0.05) is 50.2 Å². The number of para-hydroxylation sites is 1. The van der Waals surface area contributed by atoms with Gasteiger partial charge < -0.3 is 0 Å². The molecule has 0 saturated carbocycles. The number of aryl methyl sites for hydroxylation is 2. The van der Waals surface area contributed by atoms with Crippen molar-refractivity contribution in [2.45, 2.75) is 32.9 Å². The molecule has 0 aliphatic carbocycles. The lowest BCUT2D eigenvalue weighted by molar-refractivity contribution is -0.119. The minimum absolute atomic E-state index is 0.212. The molecule has 0 radical (unpaired) electrons. The van der Waals surface area contributed by atoms with E-state index in [-0.39, 0.29) is 17.1 Å². The molecule has 0 bridgehead atoms. The van der Waals surface area contributed by atoms with E-state index in [0.29, 0.717) is 16.2 Å². The monoisotopic (exact) mass is 351 g/mol. The molecule has 2 aromatic carbocycles. The lowest BCUT2D eigenvalue weighted by Crippen LogP contribution is -2.31. The van der Waals surface area contributed by atoms with Crippen molar-refractivity contribution < 1.29 is 9.59 Å². The third-order valence-corrected chi connectivity index (χ3v) is 5.29. The summed E-state index contributed by atoms with van der Waals surface area (Å²) in [5.74, 6) is -0.481. The maximum Gasteiger partial charge on any atom is 0.272 e. The van der Waals surface area contributed by atoms with Crippen LogP contribution in [0.3, 0.4) is 0 Å². The first kappa shape index (κ1) is 17.5. The standard InChI is InChI=1S/C21H21NO2S/c1-13(2)25-19-18(16-11-10-14(3)15(4)12-16)20(23)22(21(19)24)17-8-6-5-7-9-17/h5-13H,1-4H3. The van der Waals surface area contributed by atoms with Crippen LogP contribution in [0.2, 0.25) is 0 Å². The van der Waals surface area contributed by atoms with Crippen molar-refractivity contribution in [1.82, 2.24) is 0 Å². The Bertz CT molecular complexity index is 869. The highest BCUT2D eigenvalue weighted by molar-refractivity contribution is 8.04. The number of carbonyl (C=O) groups is 2. The molecular formula is C21H21NO2S. The quantitative estimate of drug-likeness (QED) is 0.747. The number of hydrogen-bond acceptors (Lipinski definition) is 3. The molecule has 0 fully saturated rings. The first-order chi connectivity index (χ1) is 11.9. The summed E-state index contributed by atoms with van der Waals surface area (Å²) in [6.45, 7) is 8.11. The van der Waals surface area contributed by atoms with Gasteiger partial charge in [0.05, 0.1) is 16.2 Å². The van der Waals surface area contributed by atoms with Crippen LogP contribution in [-0.2, 0) is 9.59 Å². The van der Waals surface area contributed by atoms with Crippen molar-refractivity contribution in [2.24, 2.45) is 0 Å². The highest BCUT2D eigenvalue weighted by Crippen LogP contribution is 2.40. The van der Waals surface area contributed by atoms with Gasteiger partial charge in [0, 0.05) is 5.25 Å². The van der Waals surface area contributed by atoms with Crippen LogP contribution < -0.4 is 4.90 Å². The molecule has 0 spiro atoms. The zero-order valence-electron chi connectivity index (χ0n) is 14.9. The first-order valence-corrected chi connectivity index (χ1v) is 9.20. The van der Waals surface area contributed by atoms with Gasteiger partial charge in [-0.25, -0.2) is 4.90 Å². The Morgan fingerprint density at radius 2 is 1.56 bits per heavy atom. The molecule has 2 amide bonds. The van der Waals surface area contributed by atoms with Gasteiger partial charge in [0.15, 0.2) is 0 Å². The van der Waals surface area contributed by atoms with Gasteiger partial charge in [-0.2, -0.15) is 0 Å². The number of nitrogens with zero attached hydrogens (tertiary/aromatic N) is 1. The SMILES string of the molecule is Cc1ccc(C2=C(SC(C)C)C(=O)N(c3ccccc3)C2=O)cc1C. The number of imide groups is 1. The Labute approximate surface area is 152 Å². The van der Waals surface area contributed by atoms with Gasteiger partial charge in [-0.15, -0.1) is 11.8 Å². The molecule has 1 heterocycles. The number of hydrogen-bond donors (Lipinski definition) is 0. The van der Waals surface area contributed by atoms with E-state index in [0.717, 1.165) is 11.1 Å². The number of thioether (sulfide) groups is 1. The molecule has 0 saturated heterocycles. The minimum Gasteiger partial charge on any atom is -0.268 e. The molecule has 0 aromatic heterocycles. The largest absolute Gasteiger partial charge is 0.272 e. The Balaban J connectivity index is 2.13. The summed E-state index contributed by atoms with van der Waals surface area (Å²) >= 11 is 1.45. The average Bonchev–Trinajstić information content (AvgIpc) is 2.81. The minimum atomic E-state index is -0.248. The summed E-state index contributed by atoms with van der Waals surface area (Å²) in [6.07, 6.45) is 0. The fourth-order valence-electron chi connectivity index (χ4n) is 2.82. The van der Waals surface area contributed by atoms with Crippen molar-refractivity contribution in [2.75, 3.05) is 4.90 Å². The molecule has 0 unspecified atom stereocenters. The average molecular weight is 351 g/mol. The van der Waals surface area contributed by atoms with Crippen LogP contribution in [0.5, 0.6) is 0 Å². The number of amides is 2. The molecule has 1 aliphatic heterocycles. The van der Waals surface area contributed by atoms with Gasteiger partial charge in [0.2, 0.25) is 0 Å². The van der Waals surface area contributed by atoms with Crippen LogP contribution in [0.4, 0.5) is 5.69 Å². The summed E-state index contributed by atoms with van der Waals surface area (Å²) in [5.41, 5.74) is 4.20. The van der Waals surface area contributed by atoms with E-state index in [1.54, 1.807) is 12.1 Å². The highest BCUT2D eigenvalue weighted by Gasteiger charge is 2.40. The maximum absolute atomic E-state index is 13.1. The smallest absolute Gasteiger partial charge is 0.268 e. The molecule has 128 valence electrons. The van der Waals surface area contributed by atoms with Crippen molar-refractivity contribution in [3.05, 3.63) is 70.1 Å². The summed E-state index contributed by atoms with van der Waals surface area (Å²) < 4.78 is 0. The van der Waals surface area contributed by atoms with Gasteiger partial charge >= 0.3 is 0 Å². The molecule has 0 N–H and O–H groups in total. The Kier molecular flexibility index (Phi) is 4.82. The van der Waals surface area contributed by atoms with E-state index < -0.39 is 0 Å². The number of anilines is 1. The first-order valence-electron chi connectivity index (χ1n) is 8.32. The number of benzene rings is 2. The van der Waals surface area contributed by atoms with Crippen LogP contribution >= 0.6 is 11.8 Å². The lowest BCUT2D eigenvalue weighted by atomic mass is 10.0. The molecular weight excluding hydrogens is 330 g/mol. The number of carbonyl (C=O) groups excluding carboxylic acids is 2. The van der Waals surface area contributed by atoms with E-state index in [1.807, 2.05) is 64.1 Å². The van der Waals surface area contributed by atoms with E-state index in [1.165, 1.54) is 22.2 Å². The molecule has 2 aromatic rings. The maximum atomic E-state index is 13.1. The molecule has 0 atom stereocenters. The van der Waals surface area contributed by atoms with E-state index in [4.69, 9.17) is 0 Å². The van der Waals surface area contributed by atoms with Crippen molar-refractivity contribution >= 4 is 34.8 Å². The summed E-state index contributed by atoms with van der Waals surface area (Å²) in [5, 5.41) is 0.212. The van der Waals surface area contributed by atoms with Gasteiger partial charge in [0.25, 0.3) is 11.8 Å². The normalized spacial score (nSPS) is 14.8. The predicted octanol–water partition coefficient (Wildman–Crippen LogP) is 4.73. The lowest BCUT2D eigenvalue weighted by Gasteiger charge is -2.15. The molecule has 1 aliphatic rings. The van der Waals surface area contributed by atoms with Gasteiger partial charge in [-0.3, -0.25) is 9.59 Å². The zero-order chi connectivity index (χ0) is 18.1. The van der Waals surface area contributed by atoms with E-state index >= 15 is 0 Å². The third-order valence-electron chi connectivity index (χ3n) is 4.20. The second-order valence-corrected chi connectivity index (χ2v) is 8.04. The van der Waals surface area contributed by atoms with Crippen LogP contribution in [0.1, 0.15) is 30.5 Å². The van der Waals surface area contributed by atoms with Gasteiger partial charge in [-0.05, 0) is 42.7 Å². The van der Waals surface area contributed by atoms with Crippen LogP contribution in [0.25, 0.3) is 5.57 Å². The summed E-state index contributed by atoms with van der Waals surface area (Å²) in [4.78, 5) is 28.0. The van der Waals surface area contributed by atoms with Gasteiger partial charge in [0.1, 0.15) is 0 Å². The Hall–Kier alpha value is -2.33. The fourth-order valence-corrected chi connectivity index (χ4v) is 3.80. The summed E-state index contributed by atoms with van der Waals surface area (Å²) in [6, 6.07) is 15.0. The molecule has 4 heteroatoms. The second kappa shape index (κ2) is 6.89. The fraction of sp³-hybridized carbons (Fsp3) is 0.238. The van der Waals surface area contributed by atoms with Crippen molar-refractivity contribution in [3.63, 3.8) is 0 Å².